The van der Waals surface area contributed by atoms with Crippen molar-refractivity contribution in [3.8, 4) is 0 Å². The van der Waals surface area contributed by atoms with Gasteiger partial charge in [0.05, 0.1) is 11.5 Å². The van der Waals surface area contributed by atoms with Crippen molar-refractivity contribution in [1.29, 1.82) is 0 Å². The summed E-state index contributed by atoms with van der Waals surface area (Å²) in [6.07, 6.45) is 7.61. The van der Waals surface area contributed by atoms with Gasteiger partial charge in [-0.05, 0) is 54.9 Å². The van der Waals surface area contributed by atoms with E-state index < -0.39 is 17.3 Å². The number of ether oxygens (including phenoxy) is 1. The number of ketones is 1. The van der Waals surface area contributed by atoms with E-state index in [1.165, 1.54) is 0 Å². The Morgan fingerprint density at radius 1 is 0.966 bits per heavy atom. The zero-order valence-electron chi connectivity index (χ0n) is 16.7. The van der Waals surface area contributed by atoms with E-state index in [9.17, 15) is 9.90 Å². The first-order chi connectivity index (χ1) is 14.1. The lowest BCUT2D eigenvalue weighted by Crippen LogP contribution is -2.55. The Hall–Kier alpha value is -2.23. The minimum absolute atomic E-state index is 0.0382. The number of allylic oxidation sites excluding steroid dienone is 1. The van der Waals surface area contributed by atoms with Crippen molar-refractivity contribution in [2.24, 2.45) is 11.3 Å². The first-order valence-electron chi connectivity index (χ1n) is 10.9. The Morgan fingerprint density at radius 2 is 1.69 bits per heavy atom. The second-order valence-corrected chi connectivity index (χ2v) is 8.97. The maximum atomic E-state index is 13.8. The molecule has 2 aliphatic carbocycles. The molecule has 4 atom stereocenters. The average molecular weight is 389 g/mol. The van der Waals surface area contributed by atoms with Crippen LogP contribution in [-0.4, -0.2) is 16.7 Å². The minimum Gasteiger partial charge on any atom is -0.365 e. The fourth-order valence-electron chi connectivity index (χ4n) is 5.73. The Kier molecular flexibility index (Phi) is 4.68. The van der Waals surface area contributed by atoms with Gasteiger partial charge in [0.15, 0.2) is 11.6 Å². The summed E-state index contributed by atoms with van der Waals surface area (Å²) in [6.45, 7) is 0. The number of benzene rings is 2. The van der Waals surface area contributed by atoms with Gasteiger partial charge in [-0.25, -0.2) is 0 Å². The fourth-order valence-corrected chi connectivity index (χ4v) is 5.73. The summed E-state index contributed by atoms with van der Waals surface area (Å²) < 4.78 is 6.48. The molecule has 1 spiro atoms. The lowest BCUT2D eigenvalue weighted by molar-refractivity contribution is -0.323. The Labute approximate surface area is 172 Å². The predicted octanol–water partition coefficient (Wildman–Crippen LogP) is 5.46. The molecule has 1 aliphatic heterocycles. The third-order valence-corrected chi connectivity index (χ3v) is 7.24. The predicted molar refractivity (Wildman–Crippen MR) is 113 cm³/mol. The molecule has 1 heterocycles. The van der Waals surface area contributed by atoms with Crippen molar-refractivity contribution >= 4 is 11.9 Å². The number of carbonyl (C=O) groups excluding carboxylic acids is 1. The lowest BCUT2D eigenvalue weighted by Gasteiger charge is -2.53. The van der Waals surface area contributed by atoms with Gasteiger partial charge < -0.3 is 9.84 Å². The lowest BCUT2D eigenvalue weighted by atomic mass is 9.63. The van der Waals surface area contributed by atoms with E-state index >= 15 is 0 Å². The molecule has 0 radical (unpaired) electrons. The van der Waals surface area contributed by atoms with Gasteiger partial charge in [0.2, 0.25) is 0 Å². The maximum Gasteiger partial charge on any atom is 0.169 e. The molecule has 2 aromatic rings. The van der Waals surface area contributed by atoms with Gasteiger partial charge in [-0.1, -0.05) is 67.1 Å². The van der Waals surface area contributed by atoms with E-state index in [0.29, 0.717) is 12.8 Å². The SMILES string of the molecule is O=C1C(=Cc2ccccc2)CC[C@]12C[C@@H]1CCCC[C@]1(O)O[C@@H]2c1ccccc1. The van der Waals surface area contributed by atoms with Gasteiger partial charge in [0.25, 0.3) is 0 Å². The molecule has 0 unspecified atom stereocenters. The van der Waals surface area contributed by atoms with Gasteiger partial charge in [-0.15, -0.1) is 0 Å². The van der Waals surface area contributed by atoms with E-state index in [4.69, 9.17) is 4.74 Å². The Balaban J connectivity index is 1.55. The summed E-state index contributed by atoms with van der Waals surface area (Å²) in [5.74, 6) is -0.852. The van der Waals surface area contributed by atoms with Gasteiger partial charge in [-0.3, -0.25) is 4.79 Å². The van der Waals surface area contributed by atoms with Crippen LogP contribution in [0, 0.1) is 11.3 Å². The van der Waals surface area contributed by atoms with Crippen molar-refractivity contribution in [3.05, 3.63) is 77.4 Å². The smallest absolute Gasteiger partial charge is 0.169 e. The zero-order valence-corrected chi connectivity index (χ0v) is 16.7. The number of Topliss-reactive ketones (excluding diaryl/α,β-unsaturated/α-hetero) is 1. The molecule has 0 amide bonds. The van der Waals surface area contributed by atoms with Gasteiger partial charge in [-0.2, -0.15) is 0 Å². The molecule has 0 aromatic heterocycles. The molecular weight excluding hydrogens is 360 g/mol. The Bertz CT molecular complexity index is 919. The molecule has 3 fully saturated rings. The van der Waals surface area contributed by atoms with Crippen molar-refractivity contribution in [3.63, 3.8) is 0 Å². The summed E-state index contributed by atoms with van der Waals surface area (Å²) in [5.41, 5.74) is 2.38. The molecule has 3 heteroatoms. The first kappa shape index (κ1) is 18.8. The van der Waals surface area contributed by atoms with Crippen LogP contribution in [0.4, 0.5) is 0 Å². The second-order valence-electron chi connectivity index (χ2n) is 8.97. The number of aliphatic hydroxyl groups is 1. The highest BCUT2D eigenvalue weighted by atomic mass is 16.6. The highest BCUT2D eigenvalue weighted by Crippen LogP contribution is 2.60. The van der Waals surface area contributed by atoms with Crippen molar-refractivity contribution in [2.75, 3.05) is 0 Å². The largest absolute Gasteiger partial charge is 0.365 e. The van der Waals surface area contributed by atoms with Crippen LogP contribution in [0.1, 0.15) is 62.2 Å². The van der Waals surface area contributed by atoms with Crippen molar-refractivity contribution in [2.45, 2.75) is 56.8 Å². The number of carbonyl (C=O) groups is 1. The third kappa shape index (κ3) is 3.17. The van der Waals surface area contributed by atoms with Crippen LogP contribution >= 0.6 is 0 Å². The maximum absolute atomic E-state index is 13.8. The molecule has 2 aromatic carbocycles. The molecule has 150 valence electrons. The summed E-state index contributed by atoms with van der Waals surface area (Å²) in [6, 6.07) is 20.1. The number of rotatable bonds is 2. The van der Waals surface area contributed by atoms with Crippen LogP contribution in [0.25, 0.3) is 6.08 Å². The summed E-state index contributed by atoms with van der Waals surface area (Å²) in [5, 5.41) is 11.3. The zero-order chi connectivity index (χ0) is 19.9. The highest BCUT2D eigenvalue weighted by Gasteiger charge is 2.61. The van der Waals surface area contributed by atoms with Crippen LogP contribution in [-0.2, 0) is 9.53 Å². The van der Waals surface area contributed by atoms with Crippen LogP contribution in [0.5, 0.6) is 0 Å². The summed E-state index contributed by atoms with van der Waals surface area (Å²) >= 11 is 0. The average Bonchev–Trinajstić information content (AvgIpc) is 3.05. The molecule has 1 N–H and O–H groups in total. The van der Waals surface area contributed by atoms with Crippen molar-refractivity contribution in [1.82, 2.24) is 0 Å². The van der Waals surface area contributed by atoms with Crippen LogP contribution in [0.2, 0.25) is 0 Å². The van der Waals surface area contributed by atoms with E-state index in [2.05, 4.69) is 0 Å². The second kappa shape index (κ2) is 7.23. The molecule has 3 aliphatic rings. The van der Waals surface area contributed by atoms with E-state index in [0.717, 1.165) is 48.8 Å². The molecule has 3 nitrogen and oxygen atoms in total. The van der Waals surface area contributed by atoms with Crippen molar-refractivity contribution < 1.29 is 14.6 Å². The molecular formula is C26H28O3. The Morgan fingerprint density at radius 3 is 2.45 bits per heavy atom. The third-order valence-electron chi connectivity index (χ3n) is 7.24. The van der Waals surface area contributed by atoms with Crippen LogP contribution in [0.3, 0.4) is 0 Å². The minimum atomic E-state index is -1.10. The number of hydrogen-bond acceptors (Lipinski definition) is 3. The quantitative estimate of drug-likeness (QED) is 0.695. The molecule has 29 heavy (non-hydrogen) atoms. The summed E-state index contributed by atoms with van der Waals surface area (Å²) in [4.78, 5) is 13.8. The van der Waals surface area contributed by atoms with Gasteiger partial charge in [0.1, 0.15) is 0 Å². The van der Waals surface area contributed by atoms with E-state index in [1.54, 1.807) is 0 Å². The van der Waals surface area contributed by atoms with E-state index in [-0.39, 0.29) is 11.7 Å². The van der Waals surface area contributed by atoms with Gasteiger partial charge in [0, 0.05) is 12.3 Å². The molecule has 1 saturated heterocycles. The van der Waals surface area contributed by atoms with Crippen LogP contribution < -0.4 is 0 Å². The molecule has 5 rings (SSSR count). The first-order valence-corrected chi connectivity index (χ1v) is 10.9. The topological polar surface area (TPSA) is 46.5 Å². The van der Waals surface area contributed by atoms with Gasteiger partial charge >= 0.3 is 0 Å². The normalized spacial score (nSPS) is 35.8. The number of hydrogen-bond donors (Lipinski definition) is 1. The number of fused-ring (bicyclic) bond motifs is 1. The fraction of sp³-hybridized carbons (Fsp3) is 0.423. The summed E-state index contributed by atoms with van der Waals surface area (Å²) in [7, 11) is 0. The standard InChI is InChI=1S/C26H28O3/c27-23-21(17-19-9-3-1-4-10-19)14-16-25(23)18-22-13-7-8-15-26(22,28)29-24(25)20-11-5-2-6-12-20/h1-6,9-12,17,22,24,28H,7-8,13-16,18H2/t22-,24+,25-,26-/m0/s1. The highest BCUT2D eigenvalue weighted by molar-refractivity contribution is 6.06. The monoisotopic (exact) mass is 388 g/mol. The molecule has 0 bridgehead atoms. The van der Waals surface area contributed by atoms with Crippen LogP contribution in [0.15, 0.2) is 66.2 Å². The molecule has 2 saturated carbocycles. The van der Waals surface area contributed by atoms with E-state index in [1.807, 2.05) is 66.7 Å².